The van der Waals surface area contributed by atoms with Gasteiger partial charge in [0.15, 0.2) is 0 Å². The van der Waals surface area contributed by atoms with Gasteiger partial charge in [0, 0.05) is 31.0 Å². The highest BCUT2D eigenvalue weighted by molar-refractivity contribution is 5.89. The van der Waals surface area contributed by atoms with Crippen LogP contribution >= 0.6 is 0 Å². The van der Waals surface area contributed by atoms with Crippen LogP contribution in [0.1, 0.15) is 6.42 Å². The van der Waals surface area contributed by atoms with Crippen molar-refractivity contribution in [2.24, 2.45) is 5.92 Å². The second-order valence-electron chi connectivity index (χ2n) is 5.92. The largest absolute Gasteiger partial charge is 0.371 e. The average molecular weight is 331 g/mol. The molecule has 0 spiro atoms. The maximum Gasteiger partial charge on any atom is 0.319 e. The Hall–Kier alpha value is -2.63. The van der Waals surface area contributed by atoms with Crippen LogP contribution in [0.4, 0.5) is 25.0 Å². The SMILES string of the molecule is O=C(NCC1CCN(c2cccc(F)c2)C1)Nc1ccc(F)cc1. The smallest absolute Gasteiger partial charge is 0.319 e. The van der Waals surface area contributed by atoms with Crippen LogP contribution in [-0.2, 0) is 0 Å². The first kappa shape index (κ1) is 16.2. The van der Waals surface area contributed by atoms with E-state index in [9.17, 15) is 13.6 Å². The number of hydrogen-bond acceptors (Lipinski definition) is 2. The molecule has 1 atom stereocenters. The minimum atomic E-state index is -0.343. The number of nitrogens with zero attached hydrogens (tertiary/aromatic N) is 1. The Morgan fingerprint density at radius 1 is 1.12 bits per heavy atom. The Morgan fingerprint density at radius 3 is 2.67 bits per heavy atom. The van der Waals surface area contributed by atoms with Crippen LogP contribution in [-0.4, -0.2) is 25.7 Å². The molecular weight excluding hydrogens is 312 g/mol. The molecule has 1 fully saturated rings. The summed E-state index contributed by atoms with van der Waals surface area (Å²) < 4.78 is 26.1. The molecule has 2 aromatic carbocycles. The van der Waals surface area contributed by atoms with Crippen LogP contribution < -0.4 is 15.5 Å². The summed E-state index contributed by atoms with van der Waals surface area (Å²) in [6.07, 6.45) is 0.938. The highest BCUT2D eigenvalue weighted by Gasteiger charge is 2.23. The average Bonchev–Trinajstić information content (AvgIpc) is 3.04. The maximum atomic E-state index is 13.3. The van der Waals surface area contributed by atoms with Gasteiger partial charge in [-0.2, -0.15) is 0 Å². The summed E-state index contributed by atoms with van der Waals surface area (Å²) in [6.45, 7) is 2.16. The van der Waals surface area contributed by atoms with Crippen molar-refractivity contribution < 1.29 is 13.6 Å². The van der Waals surface area contributed by atoms with Gasteiger partial charge in [0.05, 0.1) is 0 Å². The molecular formula is C18H19F2N3O. The Kier molecular flexibility index (Phi) is 4.93. The van der Waals surface area contributed by atoms with Crippen LogP contribution in [0.2, 0.25) is 0 Å². The van der Waals surface area contributed by atoms with Crippen molar-refractivity contribution in [1.82, 2.24) is 5.32 Å². The number of benzene rings is 2. The quantitative estimate of drug-likeness (QED) is 0.899. The van der Waals surface area contributed by atoms with Gasteiger partial charge in [0.2, 0.25) is 0 Å². The van der Waals surface area contributed by atoms with Crippen LogP contribution in [0.3, 0.4) is 0 Å². The van der Waals surface area contributed by atoms with E-state index in [1.54, 1.807) is 6.07 Å². The molecule has 1 aliphatic rings. The summed E-state index contributed by atoms with van der Waals surface area (Å²) in [6, 6.07) is 11.8. The molecule has 0 saturated carbocycles. The molecule has 1 heterocycles. The van der Waals surface area contributed by atoms with Gasteiger partial charge >= 0.3 is 6.03 Å². The van der Waals surface area contributed by atoms with Crippen LogP contribution in [0.15, 0.2) is 48.5 Å². The fraction of sp³-hybridized carbons (Fsp3) is 0.278. The molecule has 3 rings (SSSR count). The first-order valence-corrected chi connectivity index (χ1v) is 7.91. The predicted molar refractivity (Wildman–Crippen MR) is 90.1 cm³/mol. The van der Waals surface area contributed by atoms with E-state index in [1.807, 2.05) is 6.07 Å². The van der Waals surface area contributed by atoms with E-state index in [0.717, 1.165) is 25.2 Å². The standard InChI is InChI=1S/C18H19F2N3O/c19-14-4-6-16(7-5-14)22-18(24)21-11-13-8-9-23(12-13)17-3-1-2-15(20)10-17/h1-7,10,13H,8-9,11-12H2,(H2,21,22,24). The number of carbonyl (C=O) groups excluding carboxylic acids is 1. The third-order valence-corrected chi connectivity index (χ3v) is 4.11. The van der Waals surface area contributed by atoms with E-state index in [-0.39, 0.29) is 17.7 Å². The highest BCUT2D eigenvalue weighted by atomic mass is 19.1. The van der Waals surface area contributed by atoms with Crippen molar-refractivity contribution in [2.75, 3.05) is 29.9 Å². The summed E-state index contributed by atoms with van der Waals surface area (Å²) in [5.41, 5.74) is 1.41. The molecule has 2 aromatic rings. The second-order valence-corrected chi connectivity index (χ2v) is 5.92. The summed E-state index contributed by atoms with van der Waals surface area (Å²) in [5.74, 6) is -0.274. The third-order valence-electron chi connectivity index (χ3n) is 4.11. The van der Waals surface area contributed by atoms with Gasteiger partial charge in [0.25, 0.3) is 0 Å². The van der Waals surface area contributed by atoms with E-state index in [2.05, 4.69) is 15.5 Å². The minimum Gasteiger partial charge on any atom is -0.371 e. The number of urea groups is 1. The molecule has 1 aliphatic heterocycles. The van der Waals surface area contributed by atoms with Crippen LogP contribution in [0.25, 0.3) is 0 Å². The molecule has 4 nitrogen and oxygen atoms in total. The first-order valence-electron chi connectivity index (χ1n) is 7.91. The predicted octanol–water partition coefficient (Wildman–Crippen LogP) is 3.61. The summed E-state index contributed by atoms with van der Waals surface area (Å²) in [5, 5.41) is 5.49. The molecule has 0 aliphatic carbocycles. The molecule has 2 N–H and O–H groups in total. The summed E-state index contributed by atoms with van der Waals surface area (Å²) >= 11 is 0. The van der Waals surface area contributed by atoms with Crippen molar-refractivity contribution in [3.8, 4) is 0 Å². The van der Waals surface area contributed by atoms with Crippen molar-refractivity contribution >= 4 is 17.4 Å². The van der Waals surface area contributed by atoms with E-state index in [4.69, 9.17) is 0 Å². The van der Waals surface area contributed by atoms with Gasteiger partial charge in [-0.1, -0.05) is 6.07 Å². The summed E-state index contributed by atoms with van der Waals surface area (Å²) in [7, 11) is 0. The lowest BCUT2D eigenvalue weighted by Crippen LogP contribution is -2.34. The molecule has 0 bridgehead atoms. The fourth-order valence-electron chi connectivity index (χ4n) is 2.85. The van der Waals surface area contributed by atoms with E-state index in [0.29, 0.717) is 18.2 Å². The second kappa shape index (κ2) is 7.29. The lowest BCUT2D eigenvalue weighted by molar-refractivity contribution is 0.250. The van der Waals surface area contributed by atoms with E-state index >= 15 is 0 Å². The molecule has 0 aromatic heterocycles. The Labute approximate surface area is 139 Å². The van der Waals surface area contributed by atoms with E-state index < -0.39 is 0 Å². The number of carbonyl (C=O) groups is 1. The first-order chi connectivity index (χ1) is 11.6. The Morgan fingerprint density at radius 2 is 1.92 bits per heavy atom. The van der Waals surface area contributed by atoms with Gasteiger partial charge in [0.1, 0.15) is 11.6 Å². The lowest BCUT2D eigenvalue weighted by atomic mass is 10.1. The van der Waals surface area contributed by atoms with E-state index in [1.165, 1.54) is 36.4 Å². The number of amides is 2. The van der Waals surface area contributed by atoms with Gasteiger partial charge in [-0.15, -0.1) is 0 Å². The topological polar surface area (TPSA) is 44.4 Å². The van der Waals surface area contributed by atoms with Gasteiger partial charge in [-0.25, -0.2) is 13.6 Å². The Balaban J connectivity index is 1.45. The number of anilines is 2. The highest BCUT2D eigenvalue weighted by Crippen LogP contribution is 2.24. The maximum absolute atomic E-state index is 13.3. The van der Waals surface area contributed by atoms with Crippen molar-refractivity contribution in [3.05, 3.63) is 60.2 Å². The molecule has 1 saturated heterocycles. The monoisotopic (exact) mass is 331 g/mol. The number of hydrogen-bond donors (Lipinski definition) is 2. The molecule has 6 heteroatoms. The van der Waals surface area contributed by atoms with Gasteiger partial charge < -0.3 is 15.5 Å². The molecule has 24 heavy (non-hydrogen) atoms. The minimum absolute atomic E-state index is 0.243. The molecule has 1 unspecified atom stereocenters. The lowest BCUT2D eigenvalue weighted by Gasteiger charge is -2.19. The zero-order valence-corrected chi connectivity index (χ0v) is 13.1. The fourth-order valence-corrected chi connectivity index (χ4v) is 2.85. The number of halogens is 2. The van der Waals surface area contributed by atoms with Crippen LogP contribution in [0.5, 0.6) is 0 Å². The molecule has 0 radical (unpaired) electrons. The van der Waals surface area contributed by atoms with Gasteiger partial charge in [-0.3, -0.25) is 0 Å². The Bertz CT molecular complexity index is 706. The number of nitrogens with one attached hydrogen (secondary N) is 2. The molecule has 2 amide bonds. The zero-order valence-electron chi connectivity index (χ0n) is 13.1. The summed E-state index contributed by atoms with van der Waals surface area (Å²) in [4.78, 5) is 14.0. The molecule has 126 valence electrons. The zero-order chi connectivity index (χ0) is 16.9. The van der Waals surface area contributed by atoms with Gasteiger partial charge in [-0.05, 0) is 54.8 Å². The number of rotatable bonds is 4. The van der Waals surface area contributed by atoms with Crippen molar-refractivity contribution in [1.29, 1.82) is 0 Å². The van der Waals surface area contributed by atoms with Crippen LogP contribution in [0, 0.1) is 17.6 Å². The van der Waals surface area contributed by atoms with Crippen molar-refractivity contribution in [3.63, 3.8) is 0 Å². The normalized spacial score (nSPS) is 16.9. The van der Waals surface area contributed by atoms with Crippen molar-refractivity contribution in [2.45, 2.75) is 6.42 Å². The third kappa shape index (κ3) is 4.22.